The van der Waals surface area contributed by atoms with Crippen LogP contribution in [0.15, 0.2) is 60.7 Å². The van der Waals surface area contributed by atoms with Crippen molar-refractivity contribution in [3.05, 3.63) is 92.5 Å². The smallest absolute Gasteiger partial charge is 0.277 e. The molecule has 3 aromatic rings. The molecular formula is C22H20ClNO3. The van der Waals surface area contributed by atoms with E-state index in [1.54, 1.807) is 19.2 Å². The van der Waals surface area contributed by atoms with Gasteiger partial charge in [0.2, 0.25) is 0 Å². The summed E-state index contributed by atoms with van der Waals surface area (Å²) in [6, 6.07) is 18.7. The highest BCUT2D eigenvalue weighted by atomic mass is 35.5. The van der Waals surface area contributed by atoms with E-state index < -0.39 is 0 Å². The summed E-state index contributed by atoms with van der Waals surface area (Å²) in [5.41, 5.74) is 4.85. The quantitative estimate of drug-likeness (QED) is 0.387. The summed E-state index contributed by atoms with van der Waals surface area (Å²) in [6.07, 6.45) is 1.76. The van der Waals surface area contributed by atoms with E-state index in [2.05, 4.69) is 6.07 Å². The minimum absolute atomic E-state index is 0.0675. The molecule has 0 amide bonds. The Hall–Kier alpha value is -2.85. The molecule has 0 saturated carbocycles. The molecule has 3 rings (SSSR count). The Kier molecular flexibility index (Phi) is 5.77. The van der Waals surface area contributed by atoms with E-state index >= 15 is 0 Å². The lowest BCUT2D eigenvalue weighted by molar-refractivity contribution is -0.384. The topological polar surface area (TPSA) is 52.4 Å². The van der Waals surface area contributed by atoms with Crippen LogP contribution in [0.2, 0.25) is 5.02 Å². The third-order valence-electron chi connectivity index (χ3n) is 4.60. The average Bonchev–Trinajstić information content (AvgIpc) is 2.68. The Morgan fingerprint density at radius 2 is 1.63 bits per heavy atom. The van der Waals surface area contributed by atoms with Crippen LogP contribution in [0.3, 0.4) is 0 Å². The first-order valence-corrected chi connectivity index (χ1v) is 9.02. The Morgan fingerprint density at radius 1 is 0.963 bits per heavy atom. The van der Waals surface area contributed by atoms with Gasteiger partial charge in [-0.05, 0) is 60.2 Å². The number of benzene rings is 3. The Balaban J connectivity index is 1.79. The first kappa shape index (κ1) is 18.9. The van der Waals surface area contributed by atoms with Gasteiger partial charge in [0.15, 0.2) is 0 Å². The third-order valence-corrected chi connectivity index (χ3v) is 5.01. The highest BCUT2D eigenvalue weighted by Gasteiger charge is 2.16. The molecule has 5 heteroatoms. The second-order valence-electron chi connectivity index (χ2n) is 6.42. The average molecular weight is 382 g/mol. The standard InChI is InChI=1S/C22H20ClNO3/c1-15-3-4-17(13-21(15)23)6-5-16-7-9-18(10-8-16)20-14-19(27-2)11-12-22(20)24(25)26/h3-4,7-14H,5-6H2,1-2H3. The molecule has 0 aromatic heterocycles. The monoisotopic (exact) mass is 381 g/mol. The fraction of sp³-hybridized carbons (Fsp3) is 0.182. The largest absolute Gasteiger partial charge is 0.497 e. The van der Waals surface area contributed by atoms with Crippen molar-refractivity contribution in [1.29, 1.82) is 0 Å². The van der Waals surface area contributed by atoms with Crippen molar-refractivity contribution >= 4 is 17.3 Å². The van der Waals surface area contributed by atoms with Gasteiger partial charge in [-0.15, -0.1) is 0 Å². The summed E-state index contributed by atoms with van der Waals surface area (Å²) >= 11 is 6.18. The molecule has 4 nitrogen and oxygen atoms in total. The molecule has 0 atom stereocenters. The van der Waals surface area contributed by atoms with Crippen LogP contribution in [0.25, 0.3) is 11.1 Å². The maximum atomic E-state index is 11.3. The van der Waals surface area contributed by atoms with Gasteiger partial charge in [0.05, 0.1) is 17.6 Å². The molecular weight excluding hydrogens is 362 g/mol. The molecule has 27 heavy (non-hydrogen) atoms. The number of nitro groups is 1. The molecule has 138 valence electrons. The SMILES string of the molecule is COc1ccc([N+](=O)[O-])c(-c2ccc(CCc3ccc(C)c(Cl)c3)cc2)c1. The first-order chi connectivity index (χ1) is 13.0. The van der Waals surface area contributed by atoms with Crippen LogP contribution in [0.4, 0.5) is 5.69 Å². The summed E-state index contributed by atoms with van der Waals surface area (Å²) in [5.74, 6) is 0.593. The lowest BCUT2D eigenvalue weighted by atomic mass is 9.99. The predicted molar refractivity (Wildman–Crippen MR) is 109 cm³/mol. The molecule has 0 saturated heterocycles. The number of ether oxygens (including phenoxy) is 1. The maximum Gasteiger partial charge on any atom is 0.277 e. The van der Waals surface area contributed by atoms with E-state index in [-0.39, 0.29) is 10.6 Å². The molecule has 0 fully saturated rings. The van der Waals surface area contributed by atoms with Crippen molar-refractivity contribution in [2.75, 3.05) is 7.11 Å². The highest BCUT2D eigenvalue weighted by molar-refractivity contribution is 6.31. The highest BCUT2D eigenvalue weighted by Crippen LogP contribution is 2.33. The summed E-state index contributed by atoms with van der Waals surface area (Å²) in [4.78, 5) is 11.0. The molecule has 0 aliphatic rings. The van der Waals surface area contributed by atoms with Crippen LogP contribution in [0, 0.1) is 17.0 Å². The molecule has 0 heterocycles. The van der Waals surface area contributed by atoms with E-state index in [0.29, 0.717) is 11.3 Å². The van der Waals surface area contributed by atoms with Crippen LogP contribution in [0.1, 0.15) is 16.7 Å². The van der Waals surface area contributed by atoms with Crippen molar-refractivity contribution in [2.24, 2.45) is 0 Å². The van der Waals surface area contributed by atoms with Gasteiger partial charge in [-0.1, -0.05) is 48.0 Å². The van der Waals surface area contributed by atoms with E-state index in [1.807, 2.05) is 43.3 Å². The Labute approximate surface area is 163 Å². The Morgan fingerprint density at radius 3 is 2.26 bits per heavy atom. The lowest BCUT2D eigenvalue weighted by Gasteiger charge is -2.08. The molecule has 0 bridgehead atoms. The third kappa shape index (κ3) is 4.47. The van der Waals surface area contributed by atoms with E-state index in [4.69, 9.17) is 16.3 Å². The second-order valence-corrected chi connectivity index (χ2v) is 6.83. The molecule has 3 aromatic carbocycles. The van der Waals surface area contributed by atoms with Gasteiger partial charge >= 0.3 is 0 Å². The maximum absolute atomic E-state index is 11.3. The van der Waals surface area contributed by atoms with Gasteiger partial charge in [-0.3, -0.25) is 10.1 Å². The zero-order chi connectivity index (χ0) is 19.4. The Bertz CT molecular complexity index is 968. The number of methoxy groups -OCH3 is 1. The molecule has 0 spiro atoms. The minimum Gasteiger partial charge on any atom is -0.497 e. The van der Waals surface area contributed by atoms with Crippen molar-refractivity contribution in [3.8, 4) is 16.9 Å². The number of halogens is 1. The fourth-order valence-electron chi connectivity index (χ4n) is 2.96. The zero-order valence-corrected chi connectivity index (χ0v) is 16.0. The zero-order valence-electron chi connectivity index (χ0n) is 15.2. The minimum atomic E-state index is -0.371. The van der Waals surface area contributed by atoms with Crippen molar-refractivity contribution in [2.45, 2.75) is 19.8 Å². The van der Waals surface area contributed by atoms with E-state index in [9.17, 15) is 10.1 Å². The lowest BCUT2D eigenvalue weighted by Crippen LogP contribution is -1.95. The van der Waals surface area contributed by atoms with Crippen LogP contribution in [0.5, 0.6) is 5.75 Å². The molecule has 0 aliphatic heterocycles. The summed E-state index contributed by atoms with van der Waals surface area (Å²) in [7, 11) is 1.55. The first-order valence-electron chi connectivity index (χ1n) is 8.64. The van der Waals surface area contributed by atoms with Crippen LogP contribution in [-0.2, 0) is 12.8 Å². The molecule has 0 radical (unpaired) electrons. The van der Waals surface area contributed by atoms with Gasteiger partial charge in [-0.25, -0.2) is 0 Å². The molecule has 0 unspecified atom stereocenters. The summed E-state index contributed by atoms with van der Waals surface area (Å²) in [6.45, 7) is 1.99. The number of nitrogens with zero attached hydrogens (tertiary/aromatic N) is 1. The number of aryl methyl sites for hydroxylation is 3. The summed E-state index contributed by atoms with van der Waals surface area (Å²) in [5, 5.41) is 12.1. The van der Waals surface area contributed by atoms with Gasteiger partial charge in [-0.2, -0.15) is 0 Å². The number of hydrogen-bond acceptors (Lipinski definition) is 3. The fourth-order valence-corrected chi connectivity index (χ4v) is 3.17. The predicted octanol–water partition coefficient (Wildman–Crippen LogP) is 6.02. The van der Waals surface area contributed by atoms with Crippen molar-refractivity contribution in [1.82, 2.24) is 0 Å². The van der Waals surface area contributed by atoms with Gasteiger partial charge < -0.3 is 4.74 Å². The van der Waals surface area contributed by atoms with E-state index in [0.717, 1.165) is 29.0 Å². The number of rotatable bonds is 6. The van der Waals surface area contributed by atoms with Crippen molar-refractivity contribution < 1.29 is 9.66 Å². The number of nitro benzene ring substituents is 1. The normalized spacial score (nSPS) is 10.6. The van der Waals surface area contributed by atoms with Crippen molar-refractivity contribution in [3.63, 3.8) is 0 Å². The van der Waals surface area contributed by atoms with Crippen LogP contribution in [-0.4, -0.2) is 12.0 Å². The van der Waals surface area contributed by atoms with Gasteiger partial charge in [0.25, 0.3) is 5.69 Å². The molecule has 0 aliphatic carbocycles. The van der Waals surface area contributed by atoms with Gasteiger partial charge in [0, 0.05) is 11.1 Å². The second kappa shape index (κ2) is 8.23. The van der Waals surface area contributed by atoms with E-state index in [1.165, 1.54) is 17.2 Å². The molecule has 0 N–H and O–H groups in total. The summed E-state index contributed by atoms with van der Waals surface area (Å²) < 4.78 is 5.21. The number of hydrogen-bond donors (Lipinski definition) is 0. The van der Waals surface area contributed by atoms with Gasteiger partial charge in [0.1, 0.15) is 5.75 Å². The van der Waals surface area contributed by atoms with Crippen LogP contribution < -0.4 is 4.74 Å². The van der Waals surface area contributed by atoms with Crippen LogP contribution >= 0.6 is 11.6 Å².